The van der Waals surface area contributed by atoms with Crippen molar-refractivity contribution in [2.45, 2.75) is 38.3 Å². The Morgan fingerprint density at radius 2 is 1.82 bits per heavy atom. The standard InChI is InChI=1S/C24H25F2N5O3/c1-34-18-9-5-4-8-15(18)24(33)29-12-13-10-16(25)19(17(26)11-13)21-20(23(28)32)22(27)31(30-21)14-6-2-3-7-14/h4-5,8-11,14H,2-3,6-7,12,27H2,1H3,(H2,28,32)(H,29,33). The number of nitrogen functional groups attached to an aromatic ring is 1. The molecule has 0 spiro atoms. The normalized spacial score (nSPS) is 13.7. The number of nitrogens with zero attached hydrogens (tertiary/aromatic N) is 2. The Kier molecular flexibility index (Phi) is 6.49. The number of carbonyl (C=O) groups excluding carboxylic acids is 2. The molecule has 0 aliphatic heterocycles. The van der Waals surface area contributed by atoms with Crippen LogP contribution in [0, 0.1) is 11.6 Å². The van der Waals surface area contributed by atoms with Crippen molar-refractivity contribution in [2.75, 3.05) is 12.8 Å². The lowest BCUT2D eigenvalue weighted by Gasteiger charge is -2.11. The number of halogens is 2. The van der Waals surface area contributed by atoms with Gasteiger partial charge in [-0.3, -0.25) is 9.59 Å². The Hall–Kier alpha value is -3.95. The summed E-state index contributed by atoms with van der Waals surface area (Å²) in [5, 5.41) is 6.91. The van der Waals surface area contributed by atoms with Gasteiger partial charge in [0.05, 0.1) is 24.3 Å². The molecule has 3 aromatic rings. The molecule has 0 unspecified atom stereocenters. The van der Waals surface area contributed by atoms with Gasteiger partial charge in [0.2, 0.25) is 0 Å². The van der Waals surface area contributed by atoms with Crippen LogP contribution in [0.4, 0.5) is 14.6 Å². The number of para-hydroxylation sites is 1. The Balaban J connectivity index is 1.63. The third kappa shape index (κ3) is 4.30. The van der Waals surface area contributed by atoms with Crippen LogP contribution >= 0.6 is 0 Å². The number of rotatable bonds is 7. The zero-order valence-corrected chi connectivity index (χ0v) is 18.6. The predicted octanol–water partition coefficient (Wildman–Crippen LogP) is 3.56. The molecule has 178 valence electrons. The van der Waals surface area contributed by atoms with E-state index in [4.69, 9.17) is 16.2 Å². The van der Waals surface area contributed by atoms with Gasteiger partial charge in [0.25, 0.3) is 11.8 Å². The Labute approximate surface area is 194 Å². The lowest BCUT2D eigenvalue weighted by molar-refractivity contribution is 0.0946. The number of carbonyl (C=O) groups is 2. The van der Waals surface area contributed by atoms with Gasteiger partial charge in [-0.1, -0.05) is 25.0 Å². The van der Waals surface area contributed by atoms with Crippen molar-refractivity contribution in [3.8, 4) is 17.0 Å². The number of methoxy groups -OCH3 is 1. The highest BCUT2D eigenvalue weighted by Gasteiger charge is 2.30. The third-order valence-corrected chi connectivity index (χ3v) is 6.01. The fourth-order valence-corrected chi connectivity index (χ4v) is 4.36. The van der Waals surface area contributed by atoms with Crippen LogP contribution in [0.15, 0.2) is 36.4 Å². The molecule has 1 fully saturated rings. The van der Waals surface area contributed by atoms with Gasteiger partial charge >= 0.3 is 0 Å². The zero-order valence-electron chi connectivity index (χ0n) is 18.6. The molecule has 0 saturated heterocycles. The van der Waals surface area contributed by atoms with Crippen LogP contribution < -0.4 is 21.5 Å². The number of hydrogen-bond donors (Lipinski definition) is 3. The zero-order chi connectivity index (χ0) is 24.4. The van der Waals surface area contributed by atoms with Gasteiger partial charge in [-0.25, -0.2) is 13.5 Å². The topological polar surface area (TPSA) is 125 Å². The van der Waals surface area contributed by atoms with Crippen molar-refractivity contribution >= 4 is 17.6 Å². The summed E-state index contributed by atoms with van der Waals surface area (Å²) in [6, 6.07) is 8.72. The summed E-state index contributed by atoms with van der Waals surface area (Å²) in [4.78, 5) is 24.6. The highest BCUT2D eigenvalue weighted by Crippen LogP contribution is 2.37. The summed E-state index contributed by atoms with van der Waals surface area (Å²) >= 11 is 0. The number of primary amides is 1. The summed E-state index contributed by atoms with van der Waals surface area (Å²) in [5.74, 6) is -2.88. The highest BCUT2D eigenvalue weighted by atomic mass is 19.1. The molecule has 1 heterocycles. The molecule has 2 amide bonds. The Morgan fingerprint density at radius 1 is 1.18 bits per heavy atom. The second-order valence-electron chi connectivity index (χ2n) is 8.17. The lowest BCUT2D eigenvalue weighted by atomic mass is 10.0. The second-order valence-corrected chi connectivity index (χ2v) is 8.17. The van der Waals surface area contributed by atoms with Gasteiger partial charge in [0, 0.05) is 6.54 Å². The van der Waals surface area contributed by atoms with Crippen molar-refractivity contribution in [1.29, 1.82) is 0 Å². The van der Waals surface area contributed by atoms with Crippen LogP contribution in [-0.4, -0.2) is 28.7 Å². The van der Waals surface area contributed by atoms with E-state index in [1.807, 2.05) is 0 Å². The van der Waals surface area contributed by atoms with Gasteiger partial charge in [0.15, 0.2) is 0 Å². The van der Waals surface area contributed by atoms with Gasteiger partial charge < -0.3 is 21.5 Å². The van der Waals surface area contributed by atoms with E-state index in [9.17, 15) is 9.59 Å². The van der Waals surface area contributed by atoms with Crippen molar-refractivity contribution in [3.63, 3.8) is 0 Å². The summed E-state index contributed by atoms with van der Waals surface area (Å²) in [6.07, 6.45) is 3.56. The van der Waals surface area contributed by atoms with Crippen LogP contribution in [0.1, 0.15) is 58.0 Å². The monoisotopic (exact) mass is 469 g/mol. The first-order valence-corrected chi connectivity index (χ1v) is 10.9. The van der Waals surface area contributed by atoms with E-state index in [-0.39, 0.29) is 35.2 Å². The van der Waals surface area contributed by atoms with E-state index >= 15 is 8.78 Å². The molecular formula is C24H25F2N5O3. The summed E-state index contributed by atoms with van der Waals surface area (Å²) in [5.41, 5.74) is 11.1. The van der Waals surface area contributed by atoms with Crippen molar-refractivity contribution in [1.82, 2.24) is 15.1 Å². The molecule has 1 aliphatic rings. The molecule has 1 aromatic heterocycles. The van der Waals surface area contributed by atoms with Gasteiger partial charge in [-0.2, -0.15) is 5.10 Å². The molecule has 5 N–H and O–H groups in total. The van der Waals surface area contributed by atoms with Gasteiger partial charge in [-0.15, -0.1) is 0 Å². The number of ether oxygens (including phenoxy) is 1. The molecule has 4 rings (SSSR count). The number of benzene rings is 2. The summed E-state index contributed by atoms with van der Waals surface area (Å²) in [6.45, 7) is -0.133. The van der Waals surface area contributed by atoms with E-state index in [0.29, 0.717) is 11.3 Å². The highest BCUT2D eigenvalue weighted by molar-refractivity contribution is 6.03. The Bertz CT molecular complexity index is 1230. The van der Waals surface area contributed by atoms with E-state index in [2.05, 4.69) is 10.4 Å². The van der Waals surface area contributed by atoms with Gasteiger partial charge in [0.1, 0.15) is 34.5 Å². The summed E-state index contributed by atoms with van der Waals surface area (Å²) in [7, 11) is 1.44. The number of nitrogens with one attached hydrogen (secondary N) is 1. The predicted molar refractivity (Wildman–Crippen MR) is 122 cm³/mol. The molecule has 1 saturated carbocycles. The SMILES string of the molecule is COc1ccccc1C(=O)NCc1cc(F)c(-c2nn(C3CCCC3)c(N)c2C(N)=O)c(F)c1. The van der Waals surface area contributed by atoms with Crippen LogP contribution in [0.2, 0.25) is 0 Å². The van der Waals surface area contributed by atoms with E-state index < -0.39 is 29.0 Å². The van der Waals surface area contributed by atoms with Gasteiger partial charge in [-0.05, 0) is 42.7 Å². The third-order valence-electron chi connectivity index (χ3n) is 6.01. The molecule has 8 nitrogen and oxygen atoms in total. The number of nitrogens with two attached hydrogens (primary N) is 2. The average Bonchev–Trinajstić information content (AvgIpc) is 3.45. The maximum atomic E-state index is 15.1. The molecule has 2 aromatic carbocycles. The van der Waals surface area contributed by atoms with Crippen molar-refractivity contribution in [2.24, 2.45) is 5.73 Å². The van der Waals surface area contributed by atoms with Crippen LogP contribution in [0.5, 0.6) is 5.75 Å². The molecular weight excluding hydrogens is 444 g/mol. The molecule has 0 radical (unpaired) electrons. The summed E-state index contributed by atoms with van der Waals surface area (Å²) < 4.78 is 36.8. The number of amides is 2. The van der Waals surface area contributed by atoms with Crippen molar-refractivity contribution in [3.05, 3.63) is 64.7 Å². The largest absolute Gasteiger partial charge is 0.496 e. The minimum atomic E-state index is -0.944. The first kappa shape index (κ1) is 23.2. The first-order chi connectivity index (χ1) is 16.3. The maximum absolute atomic E-state index is 15.1. The van der Waals surface area contributed by atoms with Crippen molar-refractivity contribution < 1.29 is 23.1 Å². The average molecular weight is 469 g/mol. The minimum absolute atomic E-state index is 0.00125. The molecule has 0 bridgehead atoms. The van der Waals surface area contributed by atoms with E-state index in [0.717, 1.165) is 37.8 Å². The van der Waals surface area contributed by atoms with E-state index in [1.54, 1.807) is 24.3 Å². The van der Waals surface area contributed by atoms with Crippen LogP contribution in [0.3, 0.4) is 0 Å². The van der Waals surface area contributed by atoms with Crippen LogP contribution in [0.25, 0.3) is 11.3 Å². The smallest absolute Gasteiger partial charge is 0.255 e. The van der Waals surface area contributed by atoms with E-state index in [1.165, 1.54) is 11.8 Å². The number of anilines is 1. The minimum Gasteiger partial charge on any atom is -0.496 e. The maximum Gasteiger partial charge on any atom is 0.255 e. The number of aromatic nitrogens is 2. The Morgan fingerprint density at radius 3 is 2.44 bits per heavy atom. The molecule has 1 aliphatic carbocycles. The first-order valence-electron chi connectivity index (χ1n) is 10.9. The second kappa shape index (κ2) is 9.50. The molecule has 34 heavy (non-hydrogen) atoms. The number of hydrogen-bond acceptors (Lipinski definition) is 5. The lowest BCUT2D eigenvalue weighted by Crippen LogP contribution is -2.23. The molecule has 0 atom stereocenters. The molecule has 10 heteroatoms. The fourth-order valence-electron chi connectivity index (χ4n) is 4.36. The van der Waals surface area contributed by atoms with Crippen LogP contribution in [-0.2, 0) is 6.54 Å². The quantitative estimate of drug-likeness (QED) is 0.488. The fraction of sp³-hybridized carbons (Fsp3) is 0.292.